The van der Waals surface area contributed by atoms with Crippen LogP contribution in [0.15, 0.2) is 18.2 Å². The largest absolute Gasteiger partial charge is 0.381 e. The van der Waals surface area contributed by atoms with Gasteiger partial charge in [-0.1, -0.05) is 23.7 Å². The van der Waals surface area contributed by atoms with E-state index in [1.165, 1.54) is 0 Å². The molecule has 27 heavy (non-hydrogen) atoms. The maximum atomic E-state index is 12.6. The number of halogens is 1. The van der Waals surface area contributed by atoms with E-state index in [1.807, 2.05) is 30.0 Å². The highest BCUT2D eigenvalue weighted by molar-refractivity contribution is 6.31. The van der Waals surface area contributed by atoms with Gasteiger partial charge in [-0.15, -0.1) is 0 Å². The molecule has 1 unspecified atom stereocenters. The molecule has 2 aliphatic rings. The smallest absolute Gasteiger partial charge is 0.317 e. The van der Waals surface area contributed by atoms with Crippen molar-refractivity contribution in [1.82, 2.24) is 15.1 Å². The van der Waals surface area contributed by atoms with Crippen molar-refractivity contribution >= 4 is 23.5 Å². The normalized spacial score (nSPS) is 22.6. The number of hydrogen-bond donors (Lipinski definition) is 1. The van der Waals surface area contributed by atoms with Crippen LogP contribution in [0.4, 0.5) is 4.79 Å². The number of amides is 3. The summed E-state index contributed by atoms with van der Waals surface area (Å²) in [5, 5.41) is 3.69. The molecule has 1 N–H and O–H groups in total. The Morgan fingerprint density at radius 1 is 1.37 bits per heavy atom. The number of likely N-dealkylation sites (tertiary alicyclic amines) is 1. The monoisotopic (exact) mass is 393 g/mol. The Labute approximate surface area is 165 Å². The molecule has 0 radical (unpaired) electrons. The zero-order valence-electron chi connectivity index (χ0n) is 16.0. The quantitative estimate of drug-likeness (QED) is 0.855. The second-order valence-corrected chi connectivity index (χ2v) is 7.90. The third kappa shape index (κ3) is 4.93. The lowest BCUT2D eigenvalue weighted by atomic mass is 10.0. The SMILES string of the molecule is Cc1cc(CNC(=O)N(C)[C@@H]2CCCN(C(=O)C3CCOC3)C2)ccc1Cl. The number of ether oxygens (including phenoxy) is 1. The van der Waals surface area contributed by atoms with Gasteiger partial charge in [-0.2, -0.15) is 0 Å². The number of likely N-dealkylation sites (N-methyl/N-ethyl adjacent to an activating group) is 1. The summed E-state index contributed by atoms with van der Waals surface area (Å²) in [7, 11) is 1.81. The van der Waals surface area contributed by atoms with Crippen molar-refractivity contribution in [3.63, 3.8) is 0 Å². The zero-order valence-corrected chi connectivity index (χ0v) is 16.8. The van der Waals surface area contributed by atoms with Gasteiger partial charge in [0.05, 0.1) is 18.6 Å². The van der Waals surface area contributed by atoms with Crippen LogP contribution in [0.2, 0.25) is 5.02 Å². The molecule has 3 rings (SSSR count). The van der Waals surface area contributed by atoms with E-state index in [0.717, 1.165) is 42.0 Å². The second kappa shape index (κ2) is 8.93. The van der Waals surface area contributed by atoms with Crippen LogP contribution in [0.3, 0.4) is 0 Å². The lowest BCUT2D eigenvalue weighted by Gasteiger charge is -2.38. The van der Waals surface area contributed by atoms with Crippen molar-refractivity contribution < 1.29 is 14.3 Å². The molecule has 7 heteroatoms. The molecule has 0 saturated carbocycles. The Kier molecular flexibility index (Phi) is 6.60. The van der Waals surface area contributed by atoms with Gasteiger partial charge in [-0.05, 0) is 43.4 Å². The fraction of sp³-hybridized carbons (Fsp3) is 0.600. The summed E-state index contributed by atoms with van der Waals surface area (Å²) in [5.74, 6) is 0.152. The van der Waals surface area contributed by atoms with Crippen molar-refractivity contribution in [3.05, 3.63) is 34.3 Å². The Hall–Kier alpha value is -1.79. The zero-order chi connectivity index (χ0) is 19.4. The van der Waals surface area contributed by atoms with Crippen LogP contribution >= 0.6 is 11.6 Å². The minimum absolute atomic E-state index is 0.0176. The van der Waals surface area contributed by atoms with E-state index in [2.05, 4.69) is 5.32 Å². The lowest BCUT2D eigenvalue weighted by Crippen LogP contribution is -2.53. The molecular formula is C20H28ClN3O3. The predicted octanol–water partition coefficient (Wildman–Crippen LogP) is 2.82. The van der Waals surface area contributed by atoms with Gasteiger partial charge in [0.1, 0.15) is 0 Å². The van der Waals surface area contributed by atoms with Gasteiger partial charge in [0.25, 0.3) is 0 Å². The third-order valence-electron chi connectivity index (χ3n) is 5.52. The molecule has 2 heterocycles. The van der Waals surface area contributed by atoms with Gasteiger partial charge in [-0.3, -0.25) is 4.79 Å². The molecule has 0 aliphatic carbocycles. The van der Waals surface area contributed by atoms with Gasteiger partial charge in [0.15, 0.2) is 0 Å². The lowest BCUT2D eigenvalue weighted by molar-refractivity contribution is -0.137. The number of nitrogens with zero attached hydrogens (tertiary/aromatic N) is 2. The van der Waals surface area contributed by atoms with Crippen molar-refractivity contribution in [2.75, 3.05) is 33.4 Å². The molecular weight excluding hydrogens is 366 g/mol. The Morgan fingerprint density at radius 2 is 2.19 bits per heavy atom. The Bertz CT molecular complexity index is 691. The van der Waals surface area contributed by atoms with Crippen LogP contribution < -0.4 is 5.32 Å². The number of nitrogens with one attached hydrogen (secondary N) is 1. The van der Waals surface area contributed by atoms with Crippen LogP contribution in [-0.2, 0) is 16.1 Å². The summed E-state index contributed by atoms with van der Waals surface area (Å²) in [6.45, 7) is 4.96. The summed E-state index contributed by atoms with van der Waals surface area (Å²) in [4.78, 5) is 28.8. The van der Waals surface area contributed by atoms with Crippen molar-refractivity contribution in [2.24, 2.45) is 5.92 Å². The van der Waals surface area contributed by atoms with Gasteiger partial charge in [-0.25, -0.2) is 4.79 Å². The summed E-state index contributed by atoms with van der Waals surface area (Å²) in [5.41, 5.74) is 2.01. The van der Waals surface area contributed by atoms with E-state index in [9.17, 15) is 9.59 Å². The number of aryl methyl sites for hydroxylation is 1. The van der Waals surface area contributed by atoms with E-state index >= 15 is 0 Å². The van der Waals surface area contributed by atoms with Gasteiger partial charge < -0.3 is 19.9 Å². The molecule has 2 saturated heterocycles. The number of piperidine rings is 1. The van der Waals surface area contributed by atoms with Crippen LogP contribution in [0, 0.1) is 12.8 Å². The molecule has 148 valence electrons. The second-order valence-electron chi connectivity index (χ2n) is 7.49. The topological polar surface area (TPSA) is 61.9 Å². The maximum Gasteiger partial charge on any atom is 0.317 e. The number of hydrogen-bond acceptors (Lipinski definition) is 3. The molecule has 3 amide bonds. The van der Waals surface area contributed by atoms with E-state index in [1.54, 1.807) is 11.9 Å². The standard InChI is InChI=1S/C20H28ClN3O3/c1-14-10-15(5-6-18(14)21)11-22-20(26)23(2)17-4-3-8-24(12-17)19(25)16-7-9-27-13-16/h5-6,10,16-17H,3-4,7-9,11-13H2,1-2H3,(H,22,26)/t16?,17-/m1/s1. The first-order valence-corrected chi connectivity index (χ1v) is 9.95. The van der Waals surface area contributed by atoms with Crippen molar-refractivity contribution in [3.8, 4) is 0 Å². The molecule has 6 nitrogen and oxygen atoms in total. The fourth-order valence-electron chi connectivity index (χ4n) is 3.74. The first kappa shape index (κ1) is 20.0. The molecule has 2 aliphatic heterocycles. The average molecular weight is 394 g/mol. The van der Waals surface area contributed by atoms with E-state index in [0.29, 0.717) is 26.3 Å². The number of carbonyl (C=O) groups is 2. The van der Waals surface area contributed by atoms with Crippen molar-refractivity contribution in [1.29, 1.82) is 0 Å². The Morgan fingerprint density at radius 3 is 2.89 bits per heavy atom. The van der Waals surface area contributed by atoms with Crippen molar-refractivity contribution in [2.45, 2.75) is 38.8 Å². The van der Waals surface area contributed by atoms with Crippen LogP contribution in [0.5, 0.6) is 0 Å². The highest BCUT2D eigenvalue weighted by Crippen LogP contribution is 2.21. The van der Waals surface area contributed by atoms with Gasteiger partial charge >= 0.3 is 6.03 Å². The van der Waals surface area contributed by atoms with Gasteiger partial charge in [0, 0.05) is 38.3 Å². The maximum absolute atomic E-state index is 12.6. The first-order chi connectivity index (χ1) is 13.0. The molecule has 0 aromatic heterocycles. The summed E-state index contributed by atoms with van der Waals surface area (Å²) in [6.07, 6.45) is 2.63. The van der Waals surface area contributed by atoms with E-state index in [-0.39, 0.29) is 23.9 Å². The first-order valence-electron chi connectivity index (χ1n) is 9.58. The molecule has 0 spiro atoms. The molecule has 2 fully saturated rings. The highest BCUT2D eigenvalue weighted by atomic mass is 35.5. The van der Waals surface area contributed by atoms with Crippen LogP contribution in [-0.4, -0.2) is 61.1 Å². The minimum Gasteiger partial charge on any atom is -0.381 e. The Balaban J connectivity index is 1.52. The van der Waals surface area contributed by atoms with E-state index < -0.39 is 0 Å². The van der Waals surface area contributed by atoms with Crippen LogP contribution in [0.1, 0.15) is 30.4 Å². The molecule has 2 atom stereocenters. The summed E-state index contributed by atoms with van der Waals surface area (Å²) in [6, 6.07) is 5.66. The predicted molar refractivity (Wildman–Crippen MR) is 105 cm³/mol. The van der Waals surface area contributed by atoms with Gasteiger partial charge in [0.2, 0.25) is 5.91 Å². The van der Waals surface area contributed by atoms with E-state index in [4.69, 9.17) is 16.3 Å². The average Bonchev–Trinajstić information content (AvgIpc) is 3.22. The summed E-state index contributed by atoms with van der Waals surface area (Å²) >= 11 is 6.05. The third-order valence-corrected chi connectivity index (χ3v) is 5.95. The summed E-state index contributed by atoms with van der Waals surface area (Å²) < 4.78 is 5.34. The fourth-order valence-corrected chi connectivity index (χ4v) is 3.86. The number of urea groups is 1. The molecule has 0 bridgehead atoms. The molecule has 1 aromatic rings. The molecule has 1 aromatic carbocycles. The number of carbonyl (C=O) groups excluding carboxylic acids is 2. The highest BCUT2D eigenvalue weighted by Gasteiger charge is 2.33. The minimum atomic E-state index is -0.119. The number of rotatable bonds is 4. The number of benzene rings is 1. The van der Waals surface area contributed by atoms with Crippen LogP contribution in [0.25, 0.3) is 0 Å².